The molecular weight excluding hydrogens is 1230 g/mol. The van der Waals surface area contributed by atoms with Gasteiger partial charge in [-0.3, -0.25) is 72.5 Å². The van der Waals surface area contributed by atoms with Gasteiger partial charge < -0.3 is 55.9 Å². The van der Waals surface area contributed by atoms with E-state index in [1.54, 1.807) is 48.8 Å². The van der Waals surface area contributed by atoms with Crippen LogP contribution in [-0.2, 0) is 54.3 Å². The molecule has 4 heterocycles. The van der Waals surface area contributed by atoms with Gasteiger partial charge in [0.1, 0.15) is 23.9 Å². The number of unbranched alkanes of at least 4 members (excludes halogenated alkanes) is 1. The minimum Gasteiger partial charge on any atom is -0.494 e. The van der Waals surface area contributed by atoms with Gasteiger partial charge in [0.2, 0.25) is 29.5 Å². The van der Waals surface area contributed by atoms with Crippen molar-refractivity contribution in [2.24, 2.45) is 5.92 Å². The molecule has 3 aliphatic rings. The number of pyridine rings is 1. The van der Waals surface area contributed by atoms with Gasteiger partial charge in [-0.1, -0.05) is 36.2 Å². The number of nitrogens with one attached hydrogen (secondary N) is 4. The van der Waals surface area contributed by atoms with Crippen LogP contribution >= 0.6 is 11.8 Å². The lowest BCUT2D eigenvalue weighted by Crippen LogP contribution is -2.57. The number of thioether (sulfide) groups is 1. The van der Waals surface area contributed by atoms with Crippen LogP contribution in [0, 0.1) is 24.2 Å². The molecule has 0 radical (unpaired) electrons. The van der Waals surface area contributed by atoms with Crippen LogP contribution in [0.15, 0.2) is 54.7 Å². The van der Waals surface area contributed by atoms with Crippen LogP contribution in [0.1, 0.15) is 79.3 Å². The highest BCUT2D eigenvalue weighted by Crippen LogP contribution is 2.32. The number of ether oxygens (including phenoxy) is 2. The van der Waals surface area contributed by atoms with Gasteiger partial charge in [0.15, 0.2) is 0 Å². The van der Waals surface area contributed by atoms with E-state index >= 15 is 0 Å². The Hall–Kier alpha value is -8.11. The number of rotatable bonds is 32. The number of hydrogen-bond acceptors (Lipinski definition) is 19. The average Bonchev–Trinajstić information content (AvgIpc) is 1.83. The van der Waals surface area contributed by atoms with Crippen LogP contribution in [0.25, 0.3) is 10.9 Å². The van der Waals surface area contributed by atoms with Gasteiger partial charge in [-0.25, -0.2) is 8.78 Å². The Morgan fingerprint density at radius 1 is 0.753 bits per heavy atom. The predicted molar refractivity (Wildman–Crippen MR) is 337 cm³/mol. The molecule has 3 aliphatic heterocycles. The summed E-state index contributed by atoms with van der Waals surface area (Å²) in [5, 5.41) is 49.6. The van der Waals surface area contributed by atoms with Crippen molar-refractivity contribution in [1.82, 2.24) is 55.7 Å². The second-order valence-corrected chi connectivity index (χ2v) is 24.7. The Labute approximate surface area is 543 Å². The van der Waals surface area contributed by atoms with Gasteiger partial charge in [0, 0.05) is 108 Å². The van der Waals surface area contributed by atoms with Gasteiger partial charge in [-0.2, -0.15) is 17.0 Å². The molecule has 3 saturated heterocycles. The smallest absolute Gasteiger partial charge is 0.317 e. The maximum Gasteiger partial charge on any atom is 0.317 e. The van der Waals surface area contributed by atoms with Gasteiger partial charge in [0.05, 0.1) is 76.6 Å². The minimum absolute atomic E-state index is 0.0203. The first kappa shape index (κ1) is 73.9. The summed E-state index contributed by atoms with van der Waals surface area (Å²) in [6.45, 7) is 1.56. The highest BCUT2D eigenvalue weighted by molar-refractivity contribution is 7.99. The van der Waals surface area contributed by atoms with Crippen LogP contribution in [-0.4, -0.2) is 270 Å². The van der Waals surface area contributed by atoms with Crippen molar-refractivity contribution < 1.29 is 81.5 Å². The predicted octanol–water partition coefficient (Wildman–Crippen LogP) is 1.70. The molecule has 0 bridgehead atoms. The molecule has 508 valence electrons. The lowest BCUT2D eigenvalue weighted by atomic mass is 9.91. The summed E-state index contributed by atoms with van der Waals surface area (Å²) < 4.78 is 38.9. The summed E-state index contributed by atoms with van der Waals surface area (Å²) in [6, 6.07) is 12.4. The summed E-state index contributed by atoms with van der Waals surface area (Å²) in [5.41, 5.74) is 2.91. The van der Waals surface area contributed by atoms with Crippen molar-refractivity contribution in [3.05, 3.63) is 71.4 Å². The Kier molecular flexibility index (Phi) is 29.9. The zero-order chi connectivity index (χ0) is 67.5. The molecule has 6 amide bonds. The molecule has 0 spiro atoms. The van der Waals surface area contributed by atoms with Crippen LogP contribution in [0.2, 0.25) is 0 Å². The van der Waals surface area contributed by atoms with Crippen LogP contribution in [0.5, 0.6) is 5.75 Å². The van der Waals surface area contributed by atoms with E-state index in [1.807, 2.05) is 31.2 Å². The number of carbonyl (C=O) groups is 10. The highest BCUT2D eigenvalue weighted by atomic mass is 32.2. The summed E-state index contributed by atoms with van der Waals surface area (Å²) in [5.74, 6) is -9.79. The van der Waals surface area contributed by atoms with Crippen molar-refractivity contribution in [1.29, 1.82) is 5.26 Å². The van der Waals surface area contributed by atoms with Gasteiger partial charge >= 0.3 is 23.9 Å². The van der Waals surface area contributed by atoms with E-state index in [1.165, 1.54) is 24.0 Å². The lowest BCUT2D eigenvalue weighted by molar-refractivity contribution is -0.146. The molecule has 2 aromatic carbocycles. The fraction of sp³-hybridized carbons (Fsp3) is 0.587. The average molecular weight is 1320 g/mol. The quantitative estimate of drug-likeness (QED) is 0.0345. The van der Waals surface area contributed by atoms with E-state index in [0.29, 0.717) is 74.2 Å². The number of amides is 6. The number of methoxy groups -OCH3 is 1. The third-order valence-corrected chi connectivity index (χ3v) is 17.4. The molecule has 93 heavy (non-hydrogen) atoms. The van der Waals surface area contributed by atoms with Crippen molar-refractivity contribution in [3.63, 3.8) is 0 Å². The summed E-state index contributed by atoms with van der Waals surface area (Å²) in [4.78, 5) is 143. The van der Waals surface area contributed by atoms with Crippen molar-refractivity contribution >= 4 is 82.0 Å². The van der Waals surface area contributed by atoms with Crippen molar-refractivity contribution in [2.45, 2.75) is 95.2 Å². The molecule has 30 heteroatoms. The summed E-state index contributed by atoms with van der Waals surface area (Å²) >= 11 is 1.26. The summed E-state index contributed by atoms with van der Waals surface area (Å²) in [6.07, 6.45) is 5.31. The van der Waals surface area contributed by atoms with E-state index in [0.717, 1.165) is 42.4 Å². The Morgan fingerprint density at radius 3 is 1.96 bits per heavy atom. The zero-order valence-electron chi connectivity index (χ0n) is 52.7. The highest BCUT2D eigenvalue weighted by Gasteiger charge is 2.47. The number of carboxylic acids is 3. The minimum atomic E-state index is -3.20. The monoisotopic (exact) mass is 1320 g/mol. The molecule has 27 nitrogen and oxygen atoms in total. The third-order valence-electron chi connectivity index (χ3n) is 16.4. The fourth-order valence-electron chi connectivity index (χ4n) is 11.2. The molecular formula is C63H86F2N12O15S. The Morgan fingerprint density at radius 2 is 1.37 bits per heavy atom. The normalized spacial score (nSPS) is 17.8. The number of likely N-dealkylation sites (tertiary alicyclic amines) is 2. The van der Waals surface area contributed by atoms with Crippen LogP contribution in [0.3, 0.4) is 0 Å². The molecule has 7 N–H and O–H groups in total. The van der Waals surface area contributed by atoms with E-state index in [2.05, 4.69) is 26.3 Å². The number of nitriles is 1. The molecule has 6 rings (SSSR count). The van der Waals surface area contributed by atoms with E-state index in [-0.39, 0.29) is 108 Å². The van der Waals surface area contributed by atoms with Crippen molar-refractivity contribution in [2.75, 3.05) is 136 Å². The second-order valence-electron chi connectivity index (χ2n) is 23.6. The number of carboxylic acid groups (broad SMARTS) is 3. The van der Waals surface area contributed by atoms with Crippen LogP contribution < -0.4 is 26.0 Å². The number of halogens is 2. The molecule has 0 unspecified atom stereocenters. The first-order valence-electron chi connectivity index (χ1n) is 31.2. The molecule has 3 fully saturated rings. The molecule has 1 aromatic heterocycles. The molecule has 0 aliphatic carbocycles. The fourth-order valence-corrected chi connectivity index (χ4v) is 12.1. The zero-order valence-corrected chi connectivity index (χ0v) is 53.5. The molecule has 3 aromatic rings. The van der Waals surface area contributed by atoms with E-state index in [9.17, 15) is 77.3 Å². The van der Waals surface area contributed by atoms with E-state index in [4.69, 9.17) is 9.47 Å². The topological polar surface area (TPSA) is 354 Å². The maximum absolute atomic E-state index is 14.5. The number of piperidine rings is 1. The SMILES string of the molecule is COC(=O)C[C@H](NC(=O)[C@H](CSCCNC(=O)CCCc1ccc(C)cc1)NC(=O)CN1CCN(CC(=O)O)CCN(CC(=O)O)CCN(CC(=O)O)CC1)C(=O)N1CCC(CCCCOc2ccc3nccc(C(=O)NCC(=O)N4CC(F)(F)C[C@@H]4C#N)c3c2)CC1. The van der Waals surface area contributed by atoms with Gasteiger partial charge in [0.25, 0.3) is 11.8 Å². The largest absolute Gasteiger partial charge is 0.494 e. The molecule has 3 atom stereocenters. The summed E-state index contributed by atoms with van der Waals surface area (Å²) in [7, 11) is 1.16. The number of nitrogens with zero attached hydrogens (tertiary/aromatic N) is 8. The number of esters is 1. The number of benzene rings is 2. The Bertz CT molecular complexity index is 3070. The van der Waals surface area contributed by atoms with Crippen molar-refractivity contribution in [3.8, 4) is 11.8 Å². The first-order chi connectivity index (χ1) is 44.5. The number of aryl methyl sites for hydroxylation is 2. The van der Waals surface area contributed by atoms with Crippen LogP contribution in [0.4, 0.5) is 8.78 Å². The van der Waals surface area contributed by atoms with E-state index < -0.39 is 103 Å². The van der Waals surface area contributed by atoms with Gasteiger partial charge in [-0.05, 0) is 81.2 Å². The number of fused-ring (bicyclic) bond motifs is 1. The van der Waals surface area contributed by atoms with Gasteiger partial charge in [-0.15, -0.1) is 0 Å². The number of aliphatic carboxylic acids is 3. The third kappa shape index (κ3) is 25.7. The number of carbonyl (C=O) groups excluding carboxylic acids is 7. The number of aromatic nitrogens is 1. The first-order valence-corrected chi connectivity index (χ1v) is 32.4. The maximum atomic E-state index is 14.5. The second kappa shape index (κ2) is 37.6. The standard InChI is InChI=1S/C63H86F2N12O15S/c1-43-9-11-44(12-10-43)7-5-8-53(78)68-19-31-93-41-52(70-54(79)37-72-22-24-73(38-56(81)82)26-28-75(40-58(85)86)29-27-74(25-23-72)39-57(83)84)61(89)71-51(33-59(87)91-2)62(90)76-20-16-45(17-21-76)6-3-4-30-92-47-13-14-50-49(32-47)48(15-18-67-50)60(88)69-36-55(80)77-42-63(64,65)34-46(77)35-66/h9-15,18,32,45-46,51-52H,3-8,16-17,19-31,33-34,36-42H2,1-2H3,(H,68,78)(H,69,88)(H,70,79)(H,71,89)(H,81,82)(H,83,84)(H,85,86)/t46-,51+,52+/m1/s1. The molecule has 0 saturated carbocycles. The lowest BCUT2D eigenvalue weighted by Gasteiger charge is -2.34. The number of alkyl halides is 2. The number of hydrogen-bond donors (Lipinski definition) is 7. The Balaban J connectivity index is 1.04.